The van der Waals surface area contributed by atoms with Crippen LogP contribution < -0.4 is 0 Å². The van der Waals surface area contributed by atoms with Crippen LogP contribution in [0.25, 0.3) is 0 Å². The molecule has 2 atom stereocenters. The first-order chi connectivity index (χ1) is 9.72. The second-order valence-electron chi connectivity index (χ2n) is 4.79. The highest BCUT2D eigenvalue weighted by molar-refractivity contribution is 5.76. The monoisotopic (exact) mass is 308 g/mol. The molecule has 0 aromatic carbocycles. The van der Waals surface area contributed by atoms with Crippen LogP contribution in [-0.2, 0) is 19.1 Å². The molecule has 0 aromatic rings. The molecule has 0 saturated heterocycles. The molecule has 0 aliphatic rings. The van der Waals surface area contributed by atoms with E-state index in [1.165, 1.54) is 0 Å². The molecule has 8 heteroatoms. The van der Waals surface area contributed by atoms with Crippen LogP contribution in [0.2, 0.25) is 0 Å². The zero-order valence-corrected chi connectivity index (χ0v) is 12.3. The SMILES string of the molecule is CC(O)C(=O)OC(O)(CCCCCCO)OC(=O)C(C)O. The zero-order chi connectivity index (χ0) is 16.5. The molecule has 0 aromatic heterocycles. The summed E-state index contributed by atoms with van der Waals surface area (Å²) in [5.41, 5.74) is 0. The van der Waals surface area contributed by atoms with Gasteiger partial charge >= 0.3 is 17.9 Å². The number of aliphatic hydroxyl groups excluding tert-OH is 3. The molecule has 2 unspecified atom stereocenters. The van der Waals surface area contributed by atoms with Gasteiger partial charge in [-0.05, 0) is 26.7 Å². The van der Waals surface area contributed by atoms with Crippen molar-refractivity contribution in [1.29, 1.82) is 0 Å². The third-order valence-corrected chi connectivity index (χ3v) is 2.60. The van der Waals surface area contributed by atoms with Gasteiger partial charge in [-0.25, -0.2) is 9.59 Å². The summed E-state index contributed by atoms with van der Waals surface area (Å²) in [4.78, 5) is 22.7. The average molecular weight is 308 g/mol. The normalized spacial score (nSPS) is 16.7. The number of aliphatic hydroxyl groups is 4. The maximum atomic E-state index is 11.3. The van der Waals surface area contributed by atoms with Gasteiger partial charge in [0.2, 0.25) is 0 Å². The summed E-state index contributed by atoms with van der Waals surface area (Å²) in [5.74, 6) is -4.82. The van der Waals surface area contributed by atoms with Crippen LogP contribution >= 0.6 is 0 Å². The Bertz CT molecular complexity index is 304. The van der Waals surface area contributed by atoms with Crippen LogP contribution in [0.4, 0.5) is 0 Å². The highest BCUT2D eigenvalue weighted by atomic mass is 16.8. The lowest BCUT2D eigenvalue weighted by atomic mass is 10.1. The standard InChI is InChI=1S/C13H24O8/c1-9(15)11(17)20-13(19,21-12(18)10(2)16)7-5-3-4-6-8-14/h9-10,14-16,19H,3-8H2,1-2H3. The second kappa shape index (κ2) is 9.67. The van der Waals surface area contributed by atoms with Gasteiger partial charge in [-0.3, -0.25) is 0 Å². The van der Waals surface area contributed by atoms with E-state index in [0.717, 1.165) is 13.8 Å². The molecule has 124 valence electrons. The third-order valence-electron chi connectivity index (χ3n) is 2.60. The van der Waals surface area contributed by atoms with Crippen molar-refractivity contribution in [3.8, 4) is 0 Å². The summed E-state index contributed by atoms with van der Waals surface area (Å²) < 4.78 is 9.18. The third kappa shape index (κ3) is 8.61. The van der Waals surface area contributed by atoms with Gasteiger partial charge in [0.1, 0.15) is 12.2 Å². The maximum Gasteiger partial charge on any atom is 0.373 e. The molecule has 0 aliphatic carbocycles. The molecule has 0 aliphatic heterocycles. The van der Waals surface area contributed by atoms with Crippen molar-refractivity contribution in [2.75, 3.05) is 6.61 Å². The topological polar surface area (TPSA) is 134 Å². The van der Waals surface area contributed by atoms with Crippen LogP contribution in [0.5, 0.6) is 0 Å². The molecule has 0 amide bonds. The van der Waals surface area contributed by atoms with Gasteiger partial charge in [0.25, 0.3) is 0 Å². The van der Waals surface area contributed by atoms with Gasteiger partial charge in [0, 0.05) is 6.61 Å². The minimum atomic E-state index is -2.53. The molecule has 0 spiro atoms. The van der Waals surface area contributed by atoms with E-state index in [1.807, 2.05) is 0 Å². The van der Waals surface area contributed by atoms with Gasteiger partial charge in [-0.2, -0.15) is 0 Å². The second-order valence-corrected chi connectivity index (χ2v) is 4.79. The Hall–Kier alpha value is -1.22. The van der Waals surface area contributed by atoms with Crippen molar-refractivity contribution in [1.82, 2.24) is 0 Å². The van der Waals surface area contributed by atoms with Crippen LogP contribution in [0.15, 0.2) is 0 Å². The van der Waals surface area contributed by atoms with Crippen molar-refractivity contribution < 1.29 is 39.5 Å². The van der Waals surface area contributed by atoms with E-state index in [0.29, 0.717) is 25.7 Å². The fourth-order valence-corrected chi connectivity index (χ4v) is 1.42. The minimum Gasteiger partial charge on any atom is -0.396 e. The summed E-state index contributed by atoms with van der Waals surface area (Å²) in [6.07, 6.45) is -0.916. The predicted octanol–water partition coefficient (Wildman–Crippen LogP) is -0.577. The first kappa shape index (κ1) is 19.8. The quantitative estimate of drug-likeness (QED) is 0.239. The Morgan fingerprint density at radius 1 is 0.952 bits per heavy atom. The first-order valence-electron chi connectivity index (χ1n) is 6.87. The molecular weight excluding hydrogens is 284 g/mol. The summed E-state index contributed by atoms with van der Waals surface area (Å²) in [6.45, 7) is 2.33. The molecule has 8 nitrogen and oxygen atoms in total. The molecule has 0 fully saturated rings. The number of hydrogen-bond acceptors (Lipinski definition) is 8. The molecule has 0 saturated carbocycles. The lowest BCUT2D eigenvalue weighted by Gasteiger charge is -2.28. The highest BCUT2D eigenvalue weighted by Gasteiger charge is 2.38. The van der Waals surface area contributed by atoms with Gasteiger partial charge in [0.15, 0.2) is 0 Å². The fraction of sp³-hybridized carbons (Fsp3) is 0.846. The Labute approximate surface area is 123 Å². The van der Waals surface area contributed by atoms with Crippen molar-refractivity contribution in [2.45, 2.75) is 64.1 Å². The Balaban J connectivity index is 4.58. The zero-order valence-electron chi connectivity index (χ0n) is 12.3. The van der Waals surface area contributed by atoms with E-state index >= 15 is 0 Å². The van der Waals surface area contributed by atoms with Gasteiger partial charge in [-0.15, -0.1) is 0 Å². The molecule has 0 bridgehead atoms. The number of ether oxygens (including phenoxy) is 2. The molecule has 0 heterocycles. The number of rotatable bonds is 10. The molecular formula is C13H24O8. The van der Waals surface area contributed by atoms with Crippen LogP contribution in [0.3, 0.4) is 0 Å². The summed E-state index contributed by atoms with van der Waals surface area (Å²) in [5, 5.41) is 36.8. The Kier molecular flexibility index (Phi) is 9.11. The highest BCUT2D eigenvalue weighted by Crippen LogP contribution is 2.21. The van der Waals surface area contributed by atoms with E-state index in [9.17, 15) is 14.7 Å². The maximum absolute atomic E-state index is 11.3. The number of hydrogen-bond donors (Lipinski definition) is 4. The molecule has 0 rings (SSSR count). The van der Waals surface area contributed by atoms with Crippen molar-refractivity contribution in [3.63, 3.8) is 0 Å². The summed E-state index contributed by atoms with van der Waals surface area (Å²) in [7, 11) is 0. The van der Waals surface area contributed by atoms with Gasteiger partial charge in [-0.1, -0.05) is 12.8 Å². The number of esters is 2. The van der Waals surface area contributed by atoms with Crippen molar-refractivity contribution >= 4 is 11.9 Å². The lowest BCUT2D eigenvalue weighted by Crippen LogP contribution is -2.44. The molecule has 4 N–H and O–H groups in total. The lowest BCUT2D eigenvalue weighted by molar-refractivity contribution is -0.332. The Morgan fingerprint density at radius 2 is 1.38 bits per heavy atom. The minimum absolute atomic E-state index is 0.0539. The number of carbonyl (C=O) groups excluding carboxylic acids is 2. The Morgan fingerprint density at radius 3 is 1.76 bits per heavy atom. The smallest absolute Gasteiger partial charge is 0.373 e. The van der Waals surface area contributed by atoms with E-state index in [1.54, 1.807) is 0 Å². The van der Waals surface area contributed by atoms with Crippen molar-refractivity contribution in [2.24, 2.45) is 0 Å². The van der Waals surface area contributed by atoms with Gasteiger partial charge < -0.3 is 29.9 Å². The fourth-order valence-electron chi connectivity index (χ4n) is 1.42. The predicted molar refractivity (Wildman–Crippen MR) is 70.7 cm³/mol. The van der Waals surface area contributed by atoms with Gasteiger partial charge in [0.05, 0.1) is 6.42 Å². The van der Waals surface area contributed by atoms with Crippen LogP contribution in [-0.4, -0.2) is 57.2 Å². The van der Waals surface area contributed by atoms with Crippen LogP contribution in [0.1, 0.15) is 46.0 Å². The van der Waals surface area contributed by atoms with Crippen LogP contribution in [0, 0.1) is 0 Å². The number of carbonyl (C=O) groups is 2. The molecule has 0 radical (unpaired) electrons. The summed E-state index contributed by atoms with van der Waals surface area (Å²) >= 11 is 0. The number of unbranched alkanes of at least 4 members (excludes halogenated alkanes) is 3. The first-order valence-corrected chi connectivity index (χ1v) is 6.87. The molecule has 21 heavy (non-hydrogen) atoms. The van der Waals surface area contributed by atoms with E-state index < -0.39 is 30.1 Å². The largest absolute Gasteiger partial charge is 0.396 e. The van der Waals surface area contributed by atoms with E-state index in [4.69, 9.17) is 15.3 Å². The average Bonchev–Trinajstić information content (AvgIpc) is 2.37. The van der Waals surface area contributed by atoms with E-state index in [-0.39, 0.29) is 13.0 Å². The van der Waals surface area contributed by atoms with Crippen molar-refractivity contribution in [3.05, 3.63) is 0 Å². The van der Waals surface area contributed by atoms with E-state index in [2.05, 4.69) is 9.47 Å². The summed E-state index contributed by atoms with van der Waals surface area (Å²) in [6, 6.07) is 0.